The summed E-state index contributed by atoms with van der Waals surface area (Å²) in [6.07, 6.45) is 7.80. The number of allylic oxidation sites excluding steroid dienone is 1. The van der Waals surface area contributed by atoms with Crippen molar-refractivity contribution in [1.82, 2.24) is 10.2 Å². The molecule has 114 valence electrons. The lowest BCUT2D eigenvalue weighted by Gasteiger charge is -2.21. The third kappa shape index (κ3) is 6.56. The number of amides is 2. The van der Waals surface area contributed by atoms with Gasteiger partial charge in [-0.15, -0.1) is 0 Å². The van der Waals surface area contributed by atoms with E-state index in [9.17, 15) is 9.59 Å². The lowest BCUT2D eigenvalue weighted by Crippen LogP contribution is -2.44. The van der Waals surface area contributed by atoms with Crippen LogP contribution < -0.4 is 5.32 Å². The molecule has 1 aliphatic carbocycles. The van der Waals surface area contributed by atoms with Gasteiger partial charge in [-0.25, -0.2) is 4.79 Å². The normalized spacial score (nSPS) is 14.6. The van der Waals surface area contributed by atoms with Gasteiger partial charge < -0.3 is 20.1 Å². The molecule has 2 N–H and O–H groups in total. The summed E-state index contributed by atoms with van der Waals surface area (Å²) in [6, 6.07) is -0.346. The molecule has 0 aromatic rings. The highest BCUT2D eigenvalue weighted by molar-refractivity contribution is 5.80. The number of carbonyl (C=O) groups is 2. The molecule has 0 aromatic heterocycles. The van der Waals surface area contributed by atoms with E-state index in [1.807, 2.05) is 0 Å². The summed E-state index contributed by atoms with van der Waals surface area (Å²) in [5.74, 6) is -1.02. The van der Waals surface area contributed by atoms with Crippen molar-refractivity contribution in [3.05, 3.63) is 11.6 Å². The van der Waals surface area contributed by atoms with Crippen LogP contribution in [-0.2, 0) is 9.53 Å². The number of nitrogens with zero attached hydrogens (tertiary/aromatic N) is 1. The molecule has 0 spiro atoms. The number of hydrogen-bond acceptors (Lipinski definition) is 3. The van der Waals surface area contributed by atoms with Gasteiger partial charge in [-0.1, -0.05) is 11.6 Å². The zero-order valence-corrected chi connectivity index (χ0v) is 12.1. The SMILES string of the molecule is COCCN(CC(=O)O)C(=O)NCCC1=CCCCC1. The summed E-state index contributed by atoms with van der Waals surface area (Å²) in [4.78, 5) is 23.9. The fourth-order valence-corrected chi connectivity index (χ4v) is 2.19. The van der Waals surface area contributed by atoms with Crippen molar-refractivity contribution in [2.24, 2.45) is 0 Å². The Balaban J connectivity index is 2.32. The number of hydrogen-bond donors (Lipinski definition) is 2. The van der Waals surface area contributed by atoms with Crippen LogP contribution in [-0.4, -0.2) is 55.4 Å². The van der Waals surface area contributed by atoms with Crippen molar-refractivity contribution in [2.75, 3.05) is 33.4 Å². The number of nitrogens with one attached hydrogen (secondary N) is 1. The van der Waals surface area contributed by atoms with Gasteiger partial charge in [0, 0.05) is 20.2 Å². The first kappa shape index (κ1) is 16.5. The average Bonchev–Trinajstić information content (AvgIpc) is 2.44. The van der Waals surface area contributed by atoms with E-state index in [1.165, 1.54) is 30.4 Å². The topological polar surface area (TPSA) is 78.9 Å². The first-order valence-electron chi connectivity index (χ1n) is 7.05. The molecular formula is C14H24N2O4. The second-order valence-electron chi connectivity index (χ2n) is 4.90. The molecule has 0 saturated carbocycles. The number of carboxylic acid groups (broad SMARTS) is 1. The van der Waals surface area contributed by atoms with Crippen LogP contribution in [0.25, 0.3) is 0 Å². The first-order valence-corrected chi connectivity index (χ1v) is 7.05. The summed E-state index contributed by atoms with van der Waals surface area (Å²) in [5, 5.41) is 11.6. The fourth-order valence-electron chi connectivity index (χ4n) is 2.19. The summed E-state index contributed by atoms with van der Waals surface area (Å²) in [5.41, 5.74) is 1.39. The molecule has 0 fully saturated rings. The number of rotatable bonds is 8. The molecule has 0 saturated heterocycles. The zero-order valence-electron chi connectivity index (χ0n) is 12.1. The Morgan fingerprint density at radius 2 is 2.25 bits per heavy atom. The van der Waals surface area contributed by atoms with E-state index in [4.69, 9.17) is 9.84 Å². The predicted octanol–water partition coefficient (Wildman–Crippen LogP) is 1.62. The molecule has 1 aliphatic rings. The van der Waals surface area contributed by atoms with Crippen molar-refractivity contribution >= 4 is 12.0 Å². The third-order valence-electron chi connectivity index (χ3n) is 3.29. The van der Waals surface area contributed by atoms with Crippen LogP contribution in [0.3, 0.4) is 0 Å². The molecule has 20 heavy (non-hydrogen) atoms. The van der Waals surface area contributed by atoms with E-state index >= 15 is 0 Å². The summed E-state index contributed by atoms with van der Waals surface area (Å²) in [7, 11) is 1.52. The van der Waals surface area contributed by atoms with Crippen molar-refractivity contribution in [3.8, 4) is 0 Å². The van der Waals surface area contributed by atoms with E-state index in [0.29, 0.717) is 13.2 Å². The van der Waals surface area contributed by atoms with Gasteiger partial charge in [-0.3, -0.25) is 4.79 Å². The minimum atomic E-state index is -1.02. The van der Waals surface area contributed by atoms with E-state index in [0.717, 1.165) is 19.3 Å². The second kappa shape index (κ2) is 9.36. The van der Waals surface area contributed by atoms with Crippen LogP contribution in [0.5, 0.6) is 0 Å². The minimum Gasteiger partial charge on any atom is -0.480 e. The highest BCUT2D eigenvalue weighted by atomic mass is 16.5. The molecule has 0 atom stereocenters. The highest BCUT2D eigenvalue weighted by Crippen LogP contribution is 2.19. The van der Waals surface area contributed by atoms with Crippen molar-refractivity contribution in [2.45, 2.75) is 32.1 Å². The van der Waals surface area contributed by atoms with Crippen LogP contribution in [0, 0.1) is 0 Å². The number of urea groups is 1. The van der Waals surface area contributed by atoms with Crippen LogP contribution >= 0.6 is 0 Å². The maximum atomic E-state index is 11.9. The Hall–Kier alpha value is -1.56. The molecule has 0 radical (unpaired) electrons. The lowest BCUT2D eigenvalue weighted by atomic mass is 9.97. The average molecular weight is 284 g/mol. The van der Waals surface area contributed by atoms with Gasteiger partial charge in [0.2, 0.25) is 0 Å². The number of methoxy groups -OCH3 is 1. The molecule has 6 nitrogen and oxygen atoms in total. The Bertz CT molecular complexity index is 355. The molecule has 0 heterocycles. The van der Waals surface area contributed by atoms with Crippen molar-refractivity contribution in [3.63, 3.8) is 0 Å². The molecule has 6 heteroatoms. The number of carboxylic acids is 1. The summed E-state index contributed by atoms with van der Waals surface area (Å²) < 4.78 is 4.88. The quantitative estimate of drug-likeness (QED) is 0.664. The Kier molecular flexibility index (Phi) is 7.72. The van der Waals surface area contributed by atoms with Crippen molar-refractivity contribution in [1.29, 1.82) is 0 Å². The van der Waals surface area contributed by atoms with Gasteiger partial charge in [-0.05, 0) is 32.1 Å². The summed E-state index contributed by atoms with van der Waals surface area (Å²) >= 11 is 0. The number of carbonyl (C=O) groups excluding carboxylic acids is 1. The molecule has 1 rings (SSSR count). The molecule has 0 unspecified atom stereocenters. The Labute approximate surface area is 119 Å². The van der Waals surface area contributed by atoms with Crippen LogP contribution in [0.2, 0.25) is 0 Å². The van der Waals surface area contributed by atoms with Crippen LogP contribution in [0.15, 0.2) is 11.6 Å². The molecule has 0 bridgehead atoms. The van der Waals surface area contributed by atoms with Crippen LogP contribution in [0.4, 0.5) is 4.79 Å². The third-order valence-corrected chi connectivity index (χ3v) is 3.29. The first-order chi connectivity index (χ1) is 9.63. The molecule has 0 aliphatic heterocycles. The minimum absolute atomic E-state index is 0.275. The van der Waals surface area contributed by atoms with Crippen LogP contribution in [0.1, 0.15) is 32.1 Å². The van der Waals surface area contributed by atoms with Gasteiger partial charge >= 0.3 is 12.0 Å². The van der Waals surface area contributed by atoms with E-state index in [1.54, 1.807) is 0 Å². The van der Waals surface area contributed by atoms with Gasteiger partial charge in [0.25, 0.3) is 0 Å². The lowest BCUT2D eigenvalue weighted by molar-refractivity contribution is -0.137. The van der Waals surface area contributed by atoms with Gasteiger partial charge in [-0.2, -0.15) is 0 Å². The smallest absolute Gasteiger partial charge is 0.323 e. The monoisotopic (exact) mass is 284 g/mol. The molecular weight excluding hydrogens is 260 g/mol. The Morgan fingerprint density at radius 1 is 1.45 bits per heavy atom. The molecule has 2 amide bonds. The number of ether oxygens (including phenoxy) is 1. The standard InChI is InChI=1S/C14H24N2O4/c1-20-10-9-16(11-13(17)18)14(19)15-8-7-12-5-3-2-4-6-12/h5H,2-4,6-11H2,1H3,(H,15,19)(H,17,18). The van der Waals surface area contributed by atoms with Crippen molar-refractivity contribution < 1.29 is 19.4 Å². The zero-order chi connectivity index (χ0) is 14.8. The van der Waals surface area contributed by atoms with Gasteiger partial charge in [0.15, 0.2) is 0 Å². The van der Waals surface area contributed by atoms with Gasteiger partial charge in [0.1, 0.15) is 6.54 Å². The molecule has 0 aromatic carbocycles. The van der Waals surface area contributed by atoms with E-state index in [2.05, 4.69) is 11.4 Å². The highest BCUT2D eigenvalue weighted by Gasteiger charge is 2.16. The Morgan fingerprint density at radius 3 is 2.85 bits per heavy atom. The maximum Gasteiger partial charge on any atom is 0.323 e. The maximum absolute atomic E-state index is 11.9. The largest absolute Gasteiger partial charge is 0.480 e. The van der Waals surface area contributed by atoms with E-state index < -0.39 is 5.97 Å². The van der Waals surface area contributed by atoms with E-state index in [-0.39, 0.29) is 19.1 Å². The fraction of sp³-hybridized carbons (Fsp3) is 0.714. The summed E-state index contributed by atoms with van der Waals surface area (Å²) in [6.45, 7) is 0.842. The second-order valence-corrected chi connectivity index (χ2v) is 4.90. The predicted molar refractivity (Wildman–Crippen MR) is 75.7 cm³/mol. The number of aliphatic carboxylic acids is 1. The van der Waals surface area contributed by atoms with Gasteiger partial charge in [0.05, 0.1) is 6.61 Å².